The summed E-state index contributed by atoms with van der Waals surface area (Å²) in [7, 11) is 1.55. The summed E-state index contributed by atoms with van der Waals surface area (Å²) in [5.41, 5.74) is 0.536. The molecule has 0 spiro atoms. The largest absolute Gasteiger partial charge is 0.494 e. The van der Waals surface area contributed by atoms with Crippen LogP contribution >= 0.6 is 0 Å². The Morgan fingerprint density at radius 3 is 3.14 bits per heavy atom. The molecule has 116 valence electrons. The Hall–Kier alpha value is -1.66. The van der Waals surface area contributed by atoms with E-state index in [0.717, 1.165) is 25.9 Å². The minimum Gasteiger partial charge on any atom is -0.494 e. The first-order chi connectivity index (χ1) is 10.2. The van der Waals surface area contributed by atoms with Crippen LogP contribution in [0.2, 0.25) is 0 Å². The average Bonchev–Trinajstić information content (AvgIpc) is 2.54. The van der Waals surface area contributed by atoms with Crippen molar-refractivity contribution in [2.24, 2.45) is 0 Å². The number of nitrogens with zero attached hydrogens (tertiary/aromatic N) is 1. The van der Waals surface area contributed by atoms with Crippen LogP contribution in [-0.2, 0) is 14.3 Å². The first-order valence-corrected chi connectivity index (χ1v) is 7.22. The van der Waals surface area contributed by atoms with Crippen LogP contribution in [0.3, 0.4) is 0 Å². The van der Waals surface area contributed by atoms with Crippen LogP contribution in [0.25, 0.3) is 0 Å². The van der Waals surface area contributed by atoms with Crippen LogP contribution in [0.1, 0.15) is 26.2 Å². The van der Waals surface area contributed by atoms with E-state index < -0.39 is 6.10 Å². The molecule has 2 unspecified atom stereocenters. The lowest BCUT2D eigenvalue weighted by Crippen LogP contribution is -2.32. The number of carbonyl (C=O) groups excluding carboxylic acids is 1. The molecular formula is C15H22N2O4. The quantitative estimate of drug-likeness (QED) is 0.869. The van der Waals surface area contributed by atoms with E-state index in [0.29, 0.717) is 18.0 Å². The Bertz CT molecular complexity index is 461. The molecule has 1 aromatic heterocycles. The van der Waals surface area contributed by atoms with E-state index in [1.807, 2.05) is 0 Å². The highest BCUT2D eigenvalue weighted by Gasteiger charge is 2.19. The monoisotopic (exact) mass is 294 g/mol. The molecule has 1 N–H and O–H groups in total. The molecule has 1 aliphatic heterocycles. The molecule has 2 rings (SSSR count). The molecule has 0 saturated carbocycles. The van der Waals surface area contributed by atoms with Gasteiger partial charge in [0.05, 0.1) is 26.0 Å². The van der Waals surface area contributed by atoms with Gasteiger partial charge in [0.15, 0.2) is 0 Å². The molecule has 1 aliphatic rings. The summed E-state index contributed by atoms with van der Waals surface area (Å²) in [6.45, 7) is 2.95. The number of hydrogen-bond acceptors (Lipinski definition) is 5. The molecule has 21 heavy (non-hydrogen) atoms. The molecule has 2 atom stereocenters. The second-order valence-electron chi connectivity index (χ2n) is 5.03. The third-order valence-corrected chi connectivity index (χ3v) is 3.43. The van der Waals surface area contributed by atoms with Crippen molar-refractivity contribution in [3.8, 4) is 5.75 Å². The topological polar surface area (TPSA) is 69.7 Å². The van der Waals surface area contributed by atoms with Gasteiger partial charge >= 0.3 is 0 Å². The molecule has 1 fully saturated rings. The predicted molar refractivity (Wildman–Crippen MR) is 78.4 cm³/mol. The standard InChI is InChI=1S/C15H22N2O4/c1-11(21-10-12-5-3-4-8-20-12)15(18)17-13-9-16-7-6-14(13)19-2/h6-7,9,11-12H,3-5,8,10H2,1-2H3,(H,17,18). The highest BCUT2D eigenvalue weighted by Crippen LogP contribution is 2.22. The summed E-state index contributed by atoms with van der Waals surface area (Å²) >= 11 is 0. The van der Waals surface area contributed by atoms with Crippen LogP contribution in [0, 0.1) is 0 Å². The lowest BCUT2D eigenvalue weighted by Gasteiger charge is -2.24. The molecule has 6 heteroatoms. The average molecular weight is 294 g/mol. The first kappa shape index (κ1) is 15.7. The van der Waals surface area contributed by atoms with E-state index >= 15 is 0 Å². The molecule has 1 amide bonds. The molecule has 0 bridgehead atoms. The van der Waals surface area contributed by atoms with Crippen LogP contribution < -0.4 is 10.1 Å². The Balaban J connectivity index is 1.81. The van der Waals surface area contributed by atoms with E-state index in [1.165, 1.54) is 0 Å². The fraction of sp³-hybridized carbons (Fsp3) is 0.600. The van der Waals surface area contributed by atoms with Crippen molar-refractivity contribution in [1.82, 2.24) is 4.98 Å². The van der Waals surface area contributed by atoms with Gasteiger partial charge in [0.1, 0.15) is 17.5 Å². The van der Waals surface area contributed by atoms with Crippen molar-refractivity contribution < 1.29 is 19.0 Å². The number of rotatable bonds is 6. The summed E-state index contributed by atoms with van der Waals surface area (Å²) in [6.07, 6.45) is 5.95. The summed E-state index contributed by atoms with van der Waals surface area (Å²) in [5.74, 6) is 0.346. The van der Waals surface area contributed by atoms with E-state index in [2.05, 4.69) is 10.3 Å². The number of anilines is 1. The third kappa shape index (κ3) is 4.68. The first-order valence-electron chi connectivity index (χ1n) is 7.22. The zero-order valence-corrected chi connectivity index (χ0v) is 12.5. The van der Waals surface area contributed by atoms with Gasteiger partial charge in [-0.05, 0) is 26.2 Å². The molecule has 0 radical (unpaired) electrons. The number of hydrogen-bond donors (Lipinski definition) is 1. The maximum Gasteiger partial charge on any atom is 0.253 e. The number of carbonyl (C=O) groups is 1. The number of amides is 1. The summed E-state index contributed by atoms with van der Waals surface area (Å²) in [6, 6.07) is 1.69. The minimum atomic E-state index is -0.555. The second kappa shape index (κ2) is 7.95. The van der Waals surface area contributed by atoms with Gasteiger partial charge in [-0.2, -0.15) is 0 Å². The molecule has 1 aromatic rings. The van der Waals surface area contributed by atoms with E-state index in [9.17, 15) is 4.79 Å². The van der Waals surface area contributed by atoms with Crippen LogP contribution in [0.5, 0.6) is 5.75 Å². The maximum absolute atomic E-state index is 12.1. The molecule has 1 saturated heterocycles. The number of ether oxygens (including phenoxy) is 3. The van der Waals surface area contributed by atoms with Gasteiger partial charge in [-0.3, -0.25) is 9.78 Å². The highest BCUT2D eigenvalue weighted by atomic mass is 16.5. The lowest BCUT2D eigenvalue weighted by atomic mass is 10.1. The summed E-state index contributed by atoms with van der Waals surface area (Å²) in [5, 5.41) is 2.76. The van der Waals surface area contributed by atoms with Crippen molar-refractivity contribution in [1.29, 1.82) is 0 Å². The zero-order chi connectivity index (χ0) is 15.1. The van der Waals surface area contributed by atoms with Gasteiger partial charge in [-0.25, -0.2) is 0 Å². The lowest BCUT2D eigenvalue weighted by molar-refractivity contribution is -0.130. The number of pyridine rings is 1. The van der Waals surface area contributed by atoms with Crippen molar-refractivity contribution in [2.45, 2.75) is 38.4 Å². The Morgan fingerprint density at radius 2 is 2.43 bits per heavy atom. The molecule has 0 aromatic carbocycles. The highest BCUT2D eigenvalue weighted by molar-refractivity contribution is 5.95. The van der Waals surface area contributed by atoms with Crippen molar-refractivity contribution in [2.75, 3.05) is 25.6 Å². The van der Waals surface area contributed by atoms with Gasteiger partial charge in [0, 0.05) is 18.9 Å². The van der Waals surface area contributed by atoms with Crippen molar-refractivity contribution in [3.63, 3.8) is 0 Å². The number of methoxy groups -OCH3 is 1. The Morgan fingerprint density at radius 1 is 1.57 bits per heavy atom. The SMILES string of the molecule is COc1ccncc1NC(=O)C(C)OCC1CCCCO1. The second-order valence-corrected chi connectivity index (χ2v) is 5.03. The summed E-state index contributed by atoms with van der Waals surface area (Å²) in [4.78, 5) is 16.1. The zero-order valence-electron chi connectivity index (χ0n) is 12.5. The third-order valence-electron chi connectivity index (χ3n) is 3.43. The fourth-order valence-electron chi connectivity index (χ4n) is 2.15. The van der Waals surface area contributed by atoms with Crippen molar-refractivity contribution in [3.05, 3.63) is 18.5 Å². The normalized spacial score (nSPS) is 19.8. The van der Waals surface area contributed by atoms with E-state index in [1.54, 1.807) is 32.5 Å². The molecular weight excluding hydrogens is 272 g/mol. The Kier molecular flexibility index (Phi) is 5.95. The van der Waals surface area contributed by atoms with Gasteiger partial charge in [-0.1, -0.05) is 0 Å². The van der Waals surface area contributed by atoms with Gasteiger partial charge in [-0.15, -0.1) is 0 Å². The molecule has 2 heterocycles. The smallest absolute Gasteiger partial charge is 0.253 e. The number of nitrogens with one attached hydrogen (secondary N) is 1. The molecule has 6 nitrogen and oxygen atoms in total. The van der Waals surface area contributed by atoms with Gasteiger partial charge < -0.3 is 19.5 Å². The van der Waals surface area contributed by atoms with E-state index in [4.69, 9.17) is 14.2 Å². The fourth-order valence-corrected chi connectivity index (χ4v) is 2.15. The van der Waals surface area contributed by atoms with Gasteiger partial charge in [0.2, 0.25) is 0 Å². The maximum atomic E-state index is 12.1. The number of aromatic nitrogens is 1. The predicted octanol–water partition coefficient (Wildman–Crippen LogP) is 2.00. The summed E-state index contributed by atoms with van der Waals surface area (Å²) < 4.78 is 16.3. The van der Waals surface area contributed by atoms with Crippen molar-refractivity contribution >= 4 is 11.6 Å². The Labute approximate surface area is 124 Å². The van der Waals surface area contributed by atoms with Gasteiger partial charge in [0.25, 0.3) is 5.91 Å². The minimum absolute atomic E-state index is 0.0990. The van der Waals surface area contributed by atoms with E-state index in [-0.39, 0.29) is 12.0 Å². The van der Waals surface area contributed by atoms with Crippen LogP contribution in [-0.4, -0.2) is 43.4 Å². The molecule has 0 aliphatic carbocycles. The van der Waals surface area contributed by atoms with Crippen LogP contribution in [0.4, 0.5) is 5.69 Å². The van der Waals surface area contributed by atoms with Crippen LogP contribution in [0.15, 0.2) is 18.5 Å².